The Morgan fingerprint density at radius 1 is 0.345 bits per heavy atom. The van der Waals surface area contributed by atoms with Crippen LogP contribution in [0.5, 0.6) is 0 Å². The normalized spacial score (nSPS) is 13.7. The molecule has 0 rings (SSSR count). The van der Waals surface area contributed by atoms with E-state index in [9.17, 15) is 19.5 Å². The Kier molecular flexibility index (Phi) is 62.9. The number of carbonyl (C=O) groups is 3. The number of rotatable bonds is 62. The van der Waals surface area contributed by atoms with Crippen molar-refractivity contribution in [3.05, 3.63) is 158 Å². The lowest BCUT2D eigenvalue weighted by molar-refractivity contribution is -0.870. The highest BCUT2D eigenvalue weighted by atomic mass is 16.7. The lowest BCUT2D eigenvalue weighted by Gasteiger charge is -2.26. The summed E-state index contributed by atoms with van der Waals surface area (Å²) in [6.45, 7) is 4.49. The molecule has 2 atom stereocenters. The Labute approximate surface area is 534 Å². The van der Waals surface area contributed by atoms with Crippen molar-refractivity contribution in [3.63, 3.8) is 0 Å². The first-order valence-electron chi connectivity index (χ1n) is 34.6. The van der Waals surface area contributed by atoms with Crippen LogP contribution in [-0.2, 0) is 33.3 Å². The summed E-state index contributed by atoms with van der Waals surface area (Å²) < 4.78 is 22.7. The molecule has 87 heavy (non-hydrogen) atoms. The molecular formula is C78H127NO8. The number of carbonyl (C=O) groups excluding carboxylic acids is 3. The number of quaternary nitrogens is 1. The van der Waals surface area contributed by atoms with Gasteiger partial charge in [0, 0.05) is 12.8 Å². The van der Waals surface area contributed by atoms with Crippen LogP contribution in [0, 0.1) is 0 Å². The van der Waals surface area contributed by atoms with E-state index in [1.807, 2.05) is 21.1 Å². The number of carboxylic acid groups (broad SMARTS) is 1. The smallest absolute Gasteiger partial charge is 0.306 e. The van der Waals surface area contributed by atoms with Gasteiger partial charge in [0.15, 0.2) is 12.4 Å². The zero-order chi connectivity index (χ0) is 63.3. The first kappa shape index (κ1) is 81.9. The molecule has 9 nitrogen and oxygen atoms in total. The van der Waals surface area contributed by atoms with Crippen LogP contribution in [0.4, 0.5) is 0 Å². The second-order valence-corrected chi connectivity index (χ2v) is 23.7. The number of hydrogen-bond acceptors (Lipinski definition) is 8. The third kappa shape index (κ3) is 68.3. The van der Waals surface area contributed by atoms with Gasteiger partial charge in [-0.05, 0) is 122 Å². The standard InChI is InChI=1S/C78H127NO8/c1-6-8-10-12-14-16-18-20-22-24-26-28-29-30-31-32-33-34-35-36-37-38-39-40-41-42-43-44-45-46-47-49-51-53-55-57-59-61-63-65-67-69-76(81)87-74(73-86-78(77(82)83)84-71-70-79(3,4)5)72-85-75(80)68-66-64-62-60-58-56-54-52-50-48-27-25-23-21-19-17-15-13-11-9-7-2/h8-11,14-17,20-23,26-28,30-31,33-34,36-37,39-40,48,52,54,74,78H,6-7,12-13,18-19,24-25,29,32,35,38,41-47,49-51,53,55-73H2,1-5H3/b10-8-,11-9-,16-14-,17-15-,22-20-,23-21-,28-26-,31-30-,34-33-,37-36-,40-39-,48-27-,54-52-. The minimum absolute atomic E-state index is 0.137. The summed E-state index contributed by atoms with van der Waals surface area (Å²) in [6, 6.07) is 0. The van der Waals surface area contributed by atoms with E-state index in [1.54, 1.807) is 0 Å². The third-order valence-corrected chi connectivity index (χ3v) is 14.3. The van der Waals surface area contributed by atoms with E-state index >= 15 is 0 Å². The molecule has 9 heteroatoms. The Morgan fingerprint density at radius 2 is 0.621 bits per heavy atom. The van der Waals surface area contributed by atoms with Crippen LogP contribution in [0.1, 0.15) is 258 Å². The third-order valence-electron chi connectivity index (χ3n) is 14.3. The first-order valence-corrected chi connectivity index (χ1v) is 34.6. The van der Waals surface area contributed by atoms with E-state index in [0.717, 1.165) is 135 Å². The molecule has 0 radical (unpaired) electrons. The van der Waals surface area contributed by atoms with E-state index in [0.29, 0.717) is 23.9 Å². The van der Waals surface area contributed by atoms with E-state index in [4.69, 9.17) is 18.9 Å². The maximum Gasteiger partial charge on any atom is 0.306 e. The van der Waals surface area contributed by atoms with Crippen LogP contribution in [-0.4, -0.2) is 82.3 Å². The van der Waals surface area contributed by atoms with Crippen molar-refractivity contribution in [2.24, 2.45) is 0 Å². The van der Waals surface area contributed by atoms with Crippen molar-refractivity contribution >= 4 is 17.9 Å². The summed E-state index contributed by atoms with van der Waals surface area (Å²) in [4.78, 5) is 37.4. The average molecular weight is 1210 g/mol. The second kappa shape index (κ2) is 66.9. The van der Waals surface area contributed by atoms with Gasteiger partial charge in [-0.1, -0.05) is 281 Å². The maximum absolute atomic E-state index is 12.9. The fraction of sp³-hybridized carbons (Fsp3) is 0.628. The molecule has 0 fully saturated rings. The molecule has 0 aromatic rings. The maximum atomic E-state index is 12.9. The highest BCUT2D eigenvalue weighted by Gasteiger charge is 2.22. The molecule has 2 unspecified atom stereocenters. The molecule has 0 amide bonds. The van der Waals surface area contributed by atoms with Crippen molar-refractivity contribution in [3.8, 4) is 0 Å². The molecule has 0 N–H and O–H groups in total. The zero-order valence-corrected chi connectivity index (χ0v) is 56.1. The molecule has 0 aliphatic rings. The van der Waals surface area contributed by atoms with Gasteiger partial charge < -0.3 is 33.3 Å². The molecule has 0 aliphatic carbocycles. The molecular weight excluding hydrogens is 1080 g/mol. The van der Waals surface area contributed by atoms with Crippen LogP contribution < -0.4 is 5.11 Å². The van der Waals surface area contributed by atoms with Gasteiger partial charge in [0.25, 0.3) is 0 Å². The molecule has 0 saturated carbocycles. The summed E-state index contributed by atoms with van der Waals surface area (Å²) >= 11 is 0. The fourth-order valence-corrected chi connectivity index (χ4v) is 9.05. The number of unbranched alkanes of at least 4 members (excludes halogenated alkanes) is 21. The summed E-state index contributed by atoms with van der Waals surface area (Å²) in [5, 5.41) is 11.8. The van der Waals surface area contributed by atoms with Crippen LogP contribution in [0.25, 0.3) is 0 Å². The van der Waals surface area contributed by atoms with Gasteiger partial charge in [-0.3, -0.25) is 9.59 Å². The Bertz CT molecular complexity index is 1990. The summed E-state index contributed by atoms with van der Waals surface area (Å²) in [5.41, 5.74) is 0. The van der Waals surface area contributed by atoms with Gasteiger partial charge in [-0.15, -0.1) is 0 Å². The fourth-order valence-electron chi connectivity index (χ4n) is 9.05. The topological polar surface area (TPSA) is 111 Å². The molecule has 0 bridgehead atoms. The van der Waals surface area contributed by atoms with E-state index in [2.05, 4.69) is 172 Å². The number of aliphatic carboxylic acids is 1. The van der Waals surface area contributed by atoms with Crippen LogP contribution in [0.15, 0.2) is 158 Å². The van der Waals surface area contributed by atoms with Crippen molar-refractivity contribution in [1.82, 2.24) is 0 Å². The monoisotopic (exact) mass is 1210 g/mol. The molecule has 492 valence electrons. The van der Waals surface area contributed by atoms with Gasteiger partial charge >= 0.3 is 11.9 Å². The molecule has 0 saturated heterocycles. The predicted molar refractivity (Wildman–Crippen MR) is 370 cm³/mol. The van der Waals surface area contributed by atoms with Crippen molar-refractivity contribution < 1.29 is 42.9 Å². The van der Waals surface area contributed by atoms with Crippen LogP contribution >= 0.6 is 0 Å². The van der Waals surface area contributed by atoms with Crippen molar-refractivity contribution in [2.45, 2.75) is 270 Å². The Hall–Kier alpha value is -5.09. The first-order chi connectivity index (χ1) is 42.6. The number of allylic oxidation sites excluding steroid dienone is 26. The van der Waals surface area contributed by atoms with Gasteiger partial charge in [-0.2, -0.15) is 0 Å². The minimum atomic E-state index is -1.63. The molecule has 0 spiro atoms. The quantitative estimate of drug-likeness (QED) is 0.0195. The molecule has 0 aromatic carbocycles. The SMILES string of the molecule is CC/C=C\C/C=C\C/C=C\C/C=C\C/C=C\C/C=C\C/C=C\C/C=C\CCCCCCCCCCCCCCCCCCC(=O)OC(COC(=O)CCCCCCC/C=C\C/C=C\C/C=C\C/C=C\C/C=C\CC)COC(OCC[N+](C)(C)C)C(=O)[O-]. The van der Waals surface area contributed by atoms with E-state index in [1.165, 1.54) is 83.5 Å². The number of carboxylic acids is 1. The molecule has 0 aromatic heterocycles. The van der Waals surface area contributed by atoms with Gasteiger partial charge in [0.2, 0.25) is 0 Å². The van der Waals surface area contributed by atoms with E-state index in [-0.39, 0.29) is 38.6 Å². The zero-order valence-electron chi connectivity index (χ0n) is 56.1. The second-order valence-electron chi connectivity index (χ2n) is 23.7. The number of nitrogens with zero attached hydrogens (tertiary/aromatic N) is 1. The number of likely N-dealkylation sites (N-methyl/N-ethyl adjacent to an activating group) is 1. The highest BCUT2D eigenvalue weighted by molar-refractivity contribution is 5.70. The number of hydrogen-bond donors (Lipinski definition) is 0. The largest absolute Gasteiger partial charge is 0.545 e. The summed E-state index contributed by atoms with van der Waals surface area (Å²) in [7, 11) is 5.91. The predicted octanol–water partition coefficient (Wildman–Crippen LogP) is 20.4. The van der Waals surface area contributed by atoms with Crippen molar-refractivity contribution in [1.29, 1.82) is 0 Å². The lowest BCUT2D eigenvalue weighted by atomic mass is 10.0. The highest BCUT2D eigenvalue weighted by Crippen LogP contribution is 2.16. The average Bonchev–Trinajstić information content (AvgIpc) is 3.59. The molecule has 0 aliphatic heterocycles. The van der Waals surface area contributed by atoms with E-state index < -0.39 is 24.3 Å². The summed E-state index contributed by atoms with van der Waals surface area (Å²) in [6.07, 6.45) is 96.1. The van der Waals surface area contributed by atoms with Crippen LogP contribution in [0.2, 0.25) is 0 Å². The Morgan fingerprint density at radius 3 is 0.920 bits per heavy atom. The minimum Gasteiger partial charge on any atom is -0.545 e. The van der Waals surface area contributed by atoms with Gasteiger partial charge in [0.1, 0.15) is 13.2 Å². The van der Waals surface area contributed by atoms with Crippen LogP contribution in [0.3, 0.4) is 0 Å². The summed E-state index contributed by atoms with van der Waals surface area (Å²) in [5.74, 6) is -2.32. The number of esters is 2. The molecule has 0 heterocycles. The lowest BCUT2D eigenvalue weighted by Crippen LogP contribution is -2.44. The Balaban J connectivity index is 4.11. The number of ether oxygens (including phenoxy) is 4. The van der Waals surface area contributed by atoms with Gasteiger partial charge in [0.05, 0.1) is 40.3 Å². The van der Waals surface area contributed by atoms with Gasteiger partial charge in [-0.25, -0.2) is 0 Å². The van der Waals surface area contributed by atoms with Crippen molar-refractivity contribution in [2.75, 3.05) is 47.5 Å².